The van der Waals surface area contributed by atoms with Crippen molar-refractivity contribution in [2.75, 3.05) is 11.9 Å². The SMILES string of the molecule is [N-]=[N+]=Nc1nc(NC2CC2)c2ncn([C@@H]3O[C@H](CO)[C@H](O)[C@@H]3O)c2n1. The van der Waals surface area contributed by atoms with E-state index in [1.54, 1.807) is 0 Å². The van der Waals surface area contributed by atoms with Crippen molar-refractivity contribution >= 4 is 22.9 Å². The van der Waals surface area contributed by atoms with E-state index in [4.69, 9.17) is 10.3 Å². The number of azide groups is 1. The highest BCUT2D eigenvalue weighted by Crippen LogP contribution is 2.34. The lowest BCUT2D eigenvalue weighted by Crippen LogP contribution is -2.33. The van der Waals surface area contributed by atoms with Gasteiger partial charge in [-0.3, -0.25) is 4.57 Å². The average Bonchev–Trinajstić information content (AvgIpc) is 3.25. The highest BCUT2D eigenvalue weighted by Gasteiger charge is 2.44. The lowest BCUT2D eigenvalue weighted by atomic mass is 10.1. The molecule has 0 unspecified atom stereocenters. The fourth-order valence-electron chi connectivity index (χ4n) is 2.81. The van der Waals surface area contributed by atoms with E-state index in [2.05, 4.69) is 30.3 Å². The molecule has 3 heterocycles. The van der Waals surface area contributed by atoms with E-state index >= 15 is 0 Å². The van der Waals surface area contributed by atoms with Gasteiger partial charge < -0.3 is 25.4 Å². The van der Waals surface area contributed by atoms with Crippen LogP contribution in [0.5, 0.6) is 0 Å². The molecular formula is C13H16N8O4. The Hall–Kier alpha value is -2.50. The number of hydrogen-bond acceptors (Lipinski definition) is 9. The van der Waals surface area contributed by atoms with E-state index < -0.39 is 31.1 Å². The summed E-state index contributed by atoms with van der Waals surface area (Å²) in [6, 6.07) is 0.288. The van der Waals surface area contributed by atoms with Crippen LogP contribution in [0.1, 0.15) is 19.1 Å². The summed E-state index contributed by atoms with van der Waals surface area (Å²) in [5, 5.41) is 36.0. The molecule has 2 aliphatic rings. The predicted molar refractivity (Wildman–Crippen MR) is 83.8 cm³/mol. The quantitative estimate of drug-likeness (QED) is 0.330. The van der Waals surface area contributed by atoms with Crippen LogP contribution in [0.3, 0.4) is 0 Å². The first-order valence-corrected chi connectivity index (χ1v) is 7.81. The summed E-state index contributed by atoms with van der Waals surface area (Å²) in [6.45, 7) is -0.436. The standard InChI is InChI=1S/C13H16N8O4/c14-20-19-13-17-10(16-5-1-2-5)7-11(18-13)21(4-15-7)12-9(24)8(23)6(3-22)25-12/h4-6,8-9,12,22-24H,1-3H2,(H,16,17,18)/t6-,8+,9+,12-/m1/s1. The minimum Gasteiger partial charge on any atom is -0.394 e. The number of ether oxygens (including phenoxy) is 1. The molecule has 12 nitrogen and oxygen atoms in total. The molecule has 1 aliphatic carbocycles. The maximum absolute atomic E-state index is 10.2. The van der Waals surface area contributed by atoms with E-state index in [1.165, 1.54) is 10.9 Å². The Kier molecular flexibility index (Phi) is 3.90. The van der Waals surface area contributed by atoms with Gasteiger partial charge in [0.2, 0.25) is 5.95 Å². The van der Waals surface area contributed by atoms with Gasteiger partial charge in [0.05, 0.1) is 12.9 Å². The van der Waals surface area contributed by atoms with Crippen molar-refractivity contribution in [1.82, 2.24) is 19.5 Å². The number of aromatic nitrogens is 4. The fourth-order valence-corrected chi connectivity index (χ4v) is 2.81. The molecule has 0 amide bonds. The molecule has 4 atom stereocenters. The van der Waals surface area contributed by atoms with Gasteiger partial charge in [0.15, 0.2) is 23.2 Å². The molecule has 0 radical (unpaired) electrons. The topological polar surface area (TPSA) is 174 Å². The van der Waals surface area contributed by atoms with Crippen LogP contribution >= 0.6 is 0 Å². The highest BCUT2D eigenvalue weighted by molar-refractivity contribution is 5.84. The van der Waals surface area contributed by atoms with Crippen LogP contribution in [0.15, 0.2) is 11.4 Å². The lowest BCUT2D eigenvalue weighted by Gasteiger charge is -2.16. The van der Waals surface area contributed by atoms with Gasteiger partial charge in [0, 0.05) is 11.0 Å². The molecule has 4 rings (SSSR count). The van der Waals surface area contributed by atoms with Gasteiger partial charge in [-0.2, -0.15) is 0 Å². The molecule has 12 heteroatoms. The first-order chi connectivity index (χ1) is 12.1. The Labute approximate surface area is 140 Å². The molecule has 1 aliphatic heterocycles. The molecule has 4 N–H and O–H groups in total. The van der Waals surface area contributed by atoms with Crippen molar-refractivity contribution in [1.29, 1.82) is 0 Å². The van der Waals surface area contributed by atoms with Crippen LogP contribution in [0.25, 0.3) is 21.6 Å². The number of rotatable bonds is 5. The van der Waals surface area contributed by atoms with Crippen LogP contribution in [0.4, 0.5) is 11.8 Å². The maximum Gasteiger partial charge on any atom is 0.220 e. The number of imidazole rings is 1. The van der Waals surface area contributed by atoms with Crippen LogP contribution < -0.4 is 5.32 Å². The second-order valence-electron chi connectivity index (χ2n) is 6.03. The first kappa shape index (κ1) is 16.0. The predicted octanol–water partition coefficient (Wildman–Crippen LogP) is -0.0461. The molecule has 2 fully saturated rings. The molecular weight excluding hydrogens is 332 g/mol. The third kappa shape index (κ3) is 2.75. The van der Waals surface area contributed by atoms with Crippen molar-refractivity contribution in [2.24, 2.45) is 5.11 Å². The van der Waals surface area contributed by atoms with Gasteiger partial charge in [0.25, 0.3) is 0 Å². The van der Waals surface area contributed by atoms with Gasteiger partial charge >= 0.3 is 0 Å². The number of nitrogens with zero attached hydrogens (tertiary/aromatic N) is 7. The summed E-state index contributed by atoms with van der Waals surface area (Å²) in [5.41, 5.74) is 9.38. The van der Waals surface area contributed by atoms with Gasteiger partial charge in [-0.05, 0) is 23.5 Å². The third-order valence-electron chi connectivity index (χ3n) is 4.25. The molecule has 0 bridgehead atoms. The van der Waals surface area contributed by atoms with Crippen molar-refractivity contribution in [3.05, 3.63) is 16.8 Å². The Bertz CT molecular complexity index is 846. The smallest absolute Gasteiger partial charge is 0.220 e. The van der Waals surface area contributed by atoms with Gasteiger partial charge in [-0.1, -0.05) is 0 Å². The van der Waals surface area contributed by atoms with Crippen molar-refractivity contribution in [2.45, 2.75) is 43.4 Å². The first-order valence-electron chi connectivity index (χ1n) is 7.81. The molecule has 2 aromatic rings. The van der Waals surface area contributed by atoms with Crippen molar-refractivity contribution in [3.8, 4) is 0 Å². The van der Waals surface area contributed by atoms with Crippen LogP contribution in [-0.4, -0.2) is 65.8 Å². The average molecular weight is 348 g/mol. The zero-order valence-corrected chi connectivity index (χ0v) is 13.0. The monoisotopic (exact) mass is 348 g/mol. The number of anilines is 1. The number of hydrogen-bond donors (Lipinski definition) is 4. The number of nitrogens with one attached hydrogen (secondary N) is 1. The number of aliphatic hydroxyl groups is 3. The molecule has 25 heavy (non-hydrogen) atoms. The van der Waals surface area contributed by atoms with E-state index in [0.717, 1.165) is 12.8 Å². The van der Waals surface area contributed by atoms with Gasteiger partial charge in [-0.15, -0.1) is 0 Å². The summed E-state index contributed by atoms with van der Waals surface area (Å²) in [4.78, 5) is 15.3. The minimum atomic E-state index is -1.27. The minimum absolute atomic E-state index is 0.0911. The van der Waals surface area contributed by atoms with Crippen LogP contribution in [-0.2, 0) is 4.74 Å². The molecule has 0 aromatic carbocycles. The van der Waals surface area contributed by atoms with Gasteiger partial charge in [0.1, 0.15) is 18.3 Å². The molecule has 132 valence electrons. The highest BCUT2D eigenvalue weighted by atomic mass is 16.6. The molecule has 1 saturated carbocycles. The van der Waals surface area contributed by atoms with Crippen LogP contribution in [0, 0.1) is 0 Å². The Morgan fingerprint density at radius 1 is 1.36 bits per heavy atom. The number of fused-ring (bicyclic) bond motifs is 1. The second kappa shape index (κ2) is 6.10. The fraction of sp³-hybridized carbons (Fsp3) is 0.615. The van der Waals surface area contributed by atoms with Gasteiger partial charge in [-0.25, -0.2) is 15.0 Å². The zero-order valence-electron chi connectivity index (χ0n) is 13.0. The van der Waals surface area contributed by atoms with Crippen molar-refractivity contribution < 1.29 is 20.1 Å². The largest absolute Gasteiger partial charge is 0.394 e. The summed E-state index contributed by atoms with van der Waals surface area (Å²) in [5.74, 6) is 0.340. The maximum atomic E-state index is 10.2. The summed E-state index contributed by atoms with van der Waals surface area (Å²) < 4.78 is 6.94. The van der Waals surface area contributed by atoms with Crippen LogP contribution in [0.2, 0.25) is 0 Å². The molecule has 1 saturated heterocycles. The number of aliphatic hydroxyl groups excluding tert-OH is 3. The third-order valence-corrected chi connectivity index (χ3v) is 4.25. The Balaban J connectivity index is 1.79. The van der Waals surface area contributed by atoms with E-state index in [-0.39, 0.29) is 17.6 Å². The van der Waals surface area contributed by atoms with E-state index in [1.807, 2.05) is 0 Å². The molecule has 0 spiro atoms. The Morgan fingerprint density at radius 3 is 2.80 bits per heavy atom. The Morgan fingerprint density at radius 2 is 2.16 bits per heavy atom. The summed E-state index contributed by atoms with van der Waals surface area (Å²) in [7, 11) is 0. The zero-order chi connectivity index (χ0) is 17.6. The normalized spacial score (nSPS) is 28.9. The van der Waals surface area contributed by atoms with E-state index in [0.29, 0.717) is 11.3 Å². The molecule has 2 aromatic heterocycles. The van der Waals surface area contributed by atoms with E-state index in [9.17, 15) is 15.3 Å². The second-order valence-corrected chi connectivity index (χ2v) is 6.03. The van der Waals surface area contributed by atoms with Crippen molar-refractivity contribution in [3.63, 3.8) is 0 Å². The lowest BCUT2D eigenvalue weighted by molar-refractivity contribution is -0.0511. The summed E-state index contributed by atoms with van der Waals surface area (Å²) >= 11 is 0. The summed E-state index contributed by atoms with van der Waals surface area (Å²) in [6.07, 6.45) is -0.991.